The Morgan fingerprint density at radius 1 is 1.17 bits per heavy atom. The molecule has 1 aliphatic carbocycles. The Hall–Kier alpha value is -2.55. The van der Waals surface area contributed by atoms with Gasteiger partial charge in [-0.15, -0.1) is 0 Å². The van der Waals surface area contributed by atoms with E-state index in [1.807, 2.05) is 30.3 Å². The van der Waals surface area contributed by atoms with E-state index in [1.165, 1.54) is 27.7 Å². The van der Waals surface area contributed by atoms with E-state index >= 15 is 0 Å². The summed E-state index contributed by atoms with van der Waals surface area (Å²) < 4.78 is 0. The molecule has 3 nitrogen and oxygen atoms in total. The Labute approximate surface area is 135 Å². The third-order valence-corrected chi connectivity index (χ3v) is 4.76. The first-order valence-electron chi connectivity index (χ1n) is 8.17. The second-order valence-electron chi connectivity index (χ2n) is 6.43. The fourth-order valence-corrected chi connectivity index (χ4v) is 3.52. The third-order valence-electron chi connectivity index (χ3n) is 4.76. The van der Waals surface area contributed by atoms with E-state index in [0.29, 0.717) is 0 Å². The fourth-order valence-electron chi connectivity index (χ4n) is 3.52. The summed E-state index contributed by atoms with van der Waals surface area (Å²) in [5.74, 6) is 0.172. The van der Waals surface area contributed by atoms with Crippen molar-refractivity contribution >= 4 is 22.5 Å². The number of hydrogen-bond donors (Lipinski definition) is 2. The third kappa shape index (κ3) is 2.63. The van der Waals surface area contributed by atoms with Gasteiger partial charge in [-0.2, -0.15) is 0 Å². The zero-order valence-electron chi connectivity index (χ0n) is 13.2. The lowest BCUT2D eigenvalue weighted by Gasteiger charge is -2.22. The topological polar surface area (TPSA) is 44.9 Å². The molecule has 1 aliphatic rings. The van der Waals surface area contributed by atoms with E-state index in [2.05, 4.69) is 35.4 Å². The van der Waals surface area contributed by atoms with Crippen LogP contribution in [0.1, 0.15) is 23.2 Å². The predicted octanol–water partition coefficient (Wildman–Crippen LogP) is 4.22. The summed E-state index contributed by atoms with van der Waals surface area (Å²) in [5, 5.41) is 4.32. The molecule has 116 valence electrons. The van der Waals surface area contributed by atoms with E-state index in [1.54, 1.807) is 0 Å². The van der Waals surface area contributed by atoms with Gasteiger partial charge in [0, 0.05) is 28.2 Å². The smallest absolute Gasteiger partial charge is 0.227 e. The Balaban J connectivity index is 1.59. The van der Waals surface area contributed by atoms with Crippen LogP contribution >= 0.6 is 0 Å². The van der Waals surface area contributed by atoms with Crippen LogP contribution in [0.2, 0.25) is 0 Å². The van der Waals surface area contributed by atoms with Gasteiger partial charge in [-0.05, 0) is 56.0 Å². The van der Waals surface area contributed by atoms with Gasteiger partial charge in [-0.1, -0.05) is 29.8 Å². The number of H-pyrrole nitrogens is 1. The summed E-state index contributed by atoms with van der Waals surface area (Å²) in [5.41, 5.74) is 5.94. The molecule has 0 spiro atoms. The number of carbonyl (C=O) groups excluding carboxylic acids is 1. The summed E-state index contributed by atoms with van der Waals surface area (Å²) in [4.78, 5) is 16.1. The summed E-state index contributed by atoms with van der Waals surface area (Å²) in [7, 11) is 0. The summed E-state index contributed by atoms with van der Waals surface area (Å²) in [6.07, 6.45) is 2.66. The van der Waals surface area contributed by atoms with Gasteiger partial charge in [-0.25, -0.2) is 0 Å². The lowest BCUT2D eigenvalue weighted by Crippen LogP contribution is -2.28. The van der Waals surface area contributed by atoms with Crippen molar-refractivity contribution in [3.05, 3.63) is 65.4 Å². The second kappa shape index (κ2) is 5.58. The number of rotatable bonds is 2. The molecule has 2 N–H and O–H groups in total. The Morgan fingerprint density at radius 3 is 2.83 bits per heavy atom. The van der Waals surface area contributed by atoms with Crippen molar-refractivity contribution in [3.63, 3.8) is 0 Å². The van der Waals surface area contributed by atoms with Gasteiger partial charge in [0.2, 0.25) is 5.91 Å². The van der Waals surface area contributed by atoms with E-state index < -0.39 is 0 Å². The van der Waals surface area contributed by atoms with Gasteiger partial charge < -0.3 is 10.3 Å². The molecule has 3 heteroatoms. The maximum Gasteiger partial charge on any atom is 0.227 e. The SMILES string of the molecule is Cc1ccc2[nH]c3c(c2c1)CC(C(=O)Nc1ccccc1)CC3. The summed E-state index contributed by atoms with van der Waals surface area (Å²) >= 11 is 0. The van der Waals surface area contributed by atoms with Crippen LogP contribution in [-0.4, -0.2) is 10.9 Å². The van der Waals surface area contributed by atoms with Crippen molar-refractivity contribution < 1.29 is 4.79 Å². The van der Waals surface area contributed by atoms with Gasteiger partial charge >= 0.3 is 0 Å². The van der Waals surface area contributed by atoms with Gasteiger partial charge in [0.05, 0.1) is 0 Å². The highest BCUT2D eigenvalue weighted by molar-refractivity contribution is 5.94. The van der Waals surface area contributed by atoms with Gasteiger partial charge in [0.15, 0.2) is 0 Å². The number of aryl methyl sites for hydroxylation is 2. The number of carbonyl (C=O) groups is 1. The molecule has 1 atom stereocenters. The van der Waals surface area contributed by atoms with Crippen molar-refractivity contribution in [1.29, 1.82) is 0 Å². The molecule has 0 saturated heterocycles. The number of nitrogens with one attached hydrogen (secondary N) is 2. The van der Waals surface area contributed by atoms with Gasteiger partial charge in [0.1, 0.15) is 0 Å². The first-order chi connectivity index (χ1) is 11.2. The van der Waals surface area contributed by atoms with Crippen LogP contribution in [-0.2, 0) is 17.6 Å². The minimum Gasteiger partial charge on any atom is -0.358 e. The molecular weight excluding hydrogens is 284 g/mol. The number of hydrogen-bond acceptors (Lipinski definition) is 1. The minimum atomic E-state index is 0.0437. The van der Waals surface area contributed by atoms with E-state index in [9.17, 15) is 4.79 Å². The molecule has 23 heavy (non-hydrogen) atoms. The molecule has 0 bridgehead atoms. The maximum absolute atomic E-state index is 12.6. The fraction of sp³-hybridized carbons (Fsp3) is 0.250. The molecule has 4 rings (SSSR count). The number of anilines is 1. The molecule has 1 amide bonds. The van der Waals surface area contributed by atoms with Crippen LogP contribution in [0, 0.1) is 12.8 Å². The monoisotopic (exact) mass is 304 g/mol. The van der Waals surface area contributed by atoms with E-state index in [4.69, 9.17) is 0 Å². The van der Waals surface area contributed by atoms with Crippen LogP contribution in [0.15, 0.2) is 48.5 Å². The molecule has 0 fully saturated rings. The second-order valence-corrected chi connectivity index (χ2v) is 6.43. The Morgan fingerprint density at radius 2 is 2.00 bits per heavy atom. The number of benzene rings is 2. The van der Waals surface area contributed by atoms with Gasteiger partial charge in [-0.3, -0.25) is 4.79 Å². The number of para-hydroxylation sites is 1. The van der Waals surface area contributed by atoms with Crippen LogP contribution in [0.3, 0.4) is 0 Å². The molecule has 0 aliphatic heterocycles. The molecule has 0 saturated carbocycles. The van der Waals surface area contributed by atoms with Crippen molar-refractivity contribution in [3.8, 4) is 0 Å². The Kier molecular flexibility index (Phi) is 3.41. The highest BCUT2D eigenvalue weighted by atomic mass is 16.1. The molecule has 3 aromatic rings. The number of aromatic nitrogens is 1. The zero-order chi connectivity index (χ0) is 15.8. The first kappa shape index (κ1) is 14.1. The van der Waals surface area contributed by atoms with Crippen LogP contribution in [0.4, 0.5) is 5.69 Å². The average molecular weight is 304 g/mol. The molecule has 0 radical (unpaired) electrons. The molecule has 2 aromatic carbocycles. The zero-order valence-corrected chi connectivity index (χ0v) is 13.2. The van der Waals surface area contributed by atoms with Crippen LogP contribution in [0.5, 0.6) is 0 Å². The van der Waals surface area contributed by atoms with Gasteiger partial charge in [0.25, 0.3) is 0 Å². The number of aromatic amines is 1. The summed E-state index contributed by atoms with van der Waals surface area (Å²) in [6, 6.07) is 16.2. The quantitative estimate of drug-likeness (QED) is 0.731. The van der Waals surface area contributed by atoms with Crippen LogP contribution in [0.25, 0.3) is 10.9 Å². The van der Waals surface area contributed by atoms with Crippen molar-refractivity contribution in [2.75, 3.05) is 5.32 Å². The predicted molar refractivity (Wildman–Crippen MR) is 93.6 cm³/mol. The number of amides is 1. The van der Waals surface area contributed by atoms with Crippen molar-refractivity contribution in [2.24, 2.45) is 5.92 Å². The summed E-state index contributed by atoms with van der Waals surface area (Å²) in [6.45, 7) is 2.11. The van der Waals surface area contributed by atoms with Crippen LogP contribution < -0.4 is 5.32 Å². The first-order valence-corrected chi connectivity index (χ1v) is 8.17. The standard InChI is InChI=1S/C20H20N2O/c1-13-7-9-18-16(11-13)17-12-14(8-10-19(17)22-18)20(23)21-15-5-3-2-4-6-15/h2-7,9,11,14,22H,8,10,12H2,1H3,(H,21,23). The van der Waals surface area contributed by atoms with Crippen molar-refractivity contribution in [1.82, 2.24) is 4.98 Å². The molecule has 1 aromatic heterocycles. The van der Waals surface area contributed by atoms with E-state index in [-0.39, 0.29) is 11.8 Å². The Bertz CT molecular complexity index is 864. The lowest BCUT2D eigenvalue weighted by molar-refractivity contribution is -0.120. The highest BCUT2D eigenvalue weighted by Crippen LogP contribution is 2.32. The van der Waals surface area contributed by atoms with Crippen molar-refractivity contribution in [2.45, 2.75) is 26.2 Å². The molecular formula is C20H20N2O. The highest BCUT2D eigenvalue weighted by Gasteiger charge is 2.27. The molecule has 1 unspecified atom stereocenters. The lowest BCUT2D eigenvalue weighted by atomic mass is 9.85. The normalized spacial score (nSPS) is 17.0. The largest absolute Gasteiger partial charge is 0.358 e. The molecule has 1 heterocycles. The minimum absolute atomic E-state index is 0.0437. The van der Waals surface area contributed by atoms with E-state index in [0.717, 1.165) is 24.9 Å². The average Bonchev–Trinajstić information content (AvgIpc) is 2.93. The maximum atomic E-state index is 12.6. The number of fused-ring (bicyclic) bond motifs is 3.